The summed E-state index contributed by atoms with van der Waals surface area (Å²) in [6.07, 6.45) is 2.49. The molecule has 0 spiro atoms. The van der Waals surface area contributed by atoms with E-state index in [1.54, 1.807) is 30.0 Å². The van der Waals surface area contributed by atoms with Crippen LogP contribution in [-0.2, 0) is 4.79 Å². The summed E-state index contributed by atoms with van der Waals surface area (Å²) in [5.41, 5.74) is 1.63. The lowest BCUT2D eigenvalue weighted by molar-refractivity contribution is -0.115. The minimum atomic E-state index is 0.0122. The van der Waals surface area contributed by atoms with Crippen LogP contribution in [0, 0.1) is 6.92 Å². The van der Waals surface area contributed by atoms with Gasteiger partial charge in [-0.3, -0.25) is 4.79 Å². The van der Waals surface area contributed by atoms with Gasteiger partial charge >= 0.3 is 0 Å². The van der Waals surface area contributed by atoms with Crippen molar-refractivity contribution in [2.45, 2.75) is 13.3 Å². The molecule has 1 rings (SSSR count). The number of rotatable bonds is 4. The number of aromatic hydroxyl groups is 1. The van der Waals surface area contributed by atoms with Crippen LogP contribution in [-0.4, -0.2) is 23.0 Å². The first-order chi connectivity index (χ1) is 7.13. The smallest absolute Gasteiger partial charge is 0.225 e. The zero-order valence-corrected chi connectivity index (χ0v) is 9.73. The Hall–Kier alpha value is -1.16. The van der Waals surface area contributed by atoms with Crippen molar-refractivity contribution in [2.24, 2.45) is 0 Å². The number of carbonyl (C=O) groups excluding carboxylic acids is 1. The summed E-state index contributed by atoms with van der Waals surface area (Å²) < 4.78 is 0. The van der Waals surface area contributed by atoms with Crippen molar-refractivity contribution in [3.63, 3.8) is 0 Å². The lowest BCUT2D eigenvalue weighted by Gasteiger charge is -2.08. The Morgan fingerprint density at radius 1 is 1.53 bits per heavy atom. The second kappa shape index (κ2) is 5.66. The van der Waals surface area contributed by atoms with Gasteiger partial charge in [-0.25, -0.2) is 0 Å². The van der Waals surface area contributed by atoms with Crippen molar-refractivity contribution in [1.29, 1.82) is 0 Å². The van der Waals surface area contributed by atoms with Crippen molar-refractivity contribution in [2.75, 3.05) is 17.3 Å². The number of nitrogens with one attached hydrogen (secondary N) is 1. The van der Waals surface area contributed by atoms with E-state index in [0.29, 0.717) is 6.42 Å². The number of anilines is 1. The first kappa shape index (κ1) is 11.9. The van der Waals surface area contributed by atoms with E-state index in [1.165, 1.54) is 0 Å². The van der Waals surface area contributed by atoms with E-state index in [-0.39, 0.29) is 11.7 Å². The molecule has 0 saturated carbocycles. The first-order valence-electron chi connectivity index (χ1n) is 4.72. The van der Waals surface area contributed by atoms with Crippen LogP contribution in [0.2, 0.25) is 0 Å². The number of hydrogen-bond acceptors (Lipinski definition) is 3. The monoisotopic (exact) mass is 225 g/mol. The third-order valence-corrected chi connectivity index (χ3v) is 2.63. The number of aryl methyl sites for hydroxylation is 1. The van der Waals surface area contributed by atoms with Crippen molar-refractivity contribution in [3.05, 3.63) is 23.8 Å². The summed E-state index contributed by atoms with van der Waals surface area (Å²) in [5, 5.41) is 12.0. The van der Waals surface area contributed by atoms with Gasteiger partial charge in [-0.2, -0.15) is 11.8 Å². The lowest BCUT2D eigenvalue weighted by atomic mass is 10.2. The van der Waals surface area contributed by atoms with Gasteiger partial charge in [0.1, 0.15) is 5.75 Å². The molecular weight excluding hydrogens is 210 g/mol. The molecule has 2 N–H and O–H groups in total. The molecule has 1 aromatic carbocycles. The summed E-state index contributed by atoms with van der Waals surface area (Å²) in [4.78, 5) is 11.4. The highest BCUT2D eigenvalue weighted by Gasteiger charge is 2.04. The Kier molecular flexibility index (Phi) is 4.49. The quantitative estimate of drug-likeness (QED) is 0.773. The standard InChI is InChI=1S/C11H15NO2S/c1-8-7-9(13)3-4-10(8)12-11(14)5-6-15-2/h3-4,7,13H,5-6H2,1-2H3,(H,12,14). The van der Waals surface area contributed by atoms with Gasteiger partial charge in [-0.05, 0) is 36.9 Å². The molecule has 1 amide bonds. The zero-order chi connectivity index (χ0) is 11.3. The van der Waals surface area contributed by atoms with Gasteiger partial charge in [-0.1, -0.05) is 0 Å². The van der Waals surface area contributed by atoms with Gasteiger partial charge in [-0.15, -0.1) is 0 Å². The Morgan fingerprint density at radius 3 is 2.87 bits per heavy atom. The highest BCUT2D eigenvalue weighted by Crippen LogP contribution is 2.20. The minimum Gasteiger partial charge on any atom is -0.508 e. The predicted molar refractivity (Wildman–Crippen MR) is 64.5 cm³/mol. The van der Waals surface area contributed by atoms with E-state index in [4.69, 9.17) is 0 Å². The van der Waals surface area contributed by atoms with Gasteiger partial charge in [0.25, 0.3) is 0 Å². The second-order valence-electron chi connectivity index (χ2n) is 3.29. The molecule has 0 bridgehead atoms. The lowest BCUT2D eigenvalue weighted by Crippen LogP contribution is -2.12. The third-order valence-electron chi connectivity index (χ3n) is 2.02. The Labute approximate surface area is 93.9 Å². The molecule has 82 valence electrons. The summed E-state index contributed by atoms with van der Waals surface area (Å²) in [5.74, 6) is 1.05. The van der Waals surface area contributed by atoms with Crippen LogP contribution in [0.15, 0.2) is 18.2 Å². The van der Waals surface area contributed by atoms with Gasteiger partial charge < -0.3 is 10.4 Å². The van der Waals surface area contributed by atoms with E-state index >= 15 is 0 Å². The number of phenols is 1. The molecule has 0 aliphatic carbocycles. The molecule has 4 heteroatoms. The van der Waals surface area contributed by atoms with Crippen molar-refractivity contribution in [1.82, 2.24) is 0 Å². The van der Waals surface area contributed by atoms with Crippen LogP contribution in [0.5, 0.6) is 5.75 Å². The molecule has 0 fully saturated rings. The van der Waals surface area contributed by atoms with Gasteiger partial charge in [0.2, 0.25) is 5.91 Å². The van der Waals surface area contributed by atoms with Crippen LogP contribution in [0.4, 0.5) is 5.69 Å². The van der Waals surface area contributed by atoms with Crippen molar-refractivity contribution < 1.29 is 9.90 Å². The average Bonchev–Trinajstić information content (AvgIpc) is 2.19. The Morgan fingerprint density at radius 2 is 2.27 bits per heavy atom. The fourth-order valence-corrected chi connectivity index (χ4v) is 1.59. The number of benzene rings is 1. The number of hydrogen-bond donors (Lipinski definition) is 2. The fourth-order valence-electron chi connectivity index (χ4n) is 1.20. The summed E-state index contributed by atoms with van der Waals surface area (Å²) >= 11 is 1.65. The maximum Gasteiger partial charge on any atom is 0.225 e. The molecule has 0 aliphatic heterocycles. The third kappa shape index (κ3) is 3.83. The summed E-state index contributed by atoms with van der Waals surface area (Å²) in [6.45, 7) is 1.85. The molecule has 1 aromatic rings. The summed E-state index contributed by atoms with van der Waals surface area (Å²) in [6, 6.07) is 4.91. The molecule has 0 aliphatic rings. The van der Waals surface area contributed by atoms with E-state index in [0.717, 1.165) is 17.0 Å². The molecule has 3 nitrogen and oxygen atoms in total. The first-order valence-corrected chi connectivity index (χ1v) is 6.11. The number of phenolic OH excluding ortho intramolecular Hbond substituents is 1. The zero-order valence-electron chi connectivity index (χ0n) is 8.91. The van der Waals surface area contributed by atoms with Crippen LogP contribution >= 0.6 is 11.8 Å². The maximum absolute atomic E-state index is 11.4. The van der Waals surface area contributed by atoms with Gasteiger partial charge in [0, 0.05) is 17.9 Å². The van der Waals surface area contributed by atoms with Crippen LogP contribution in [0.25, 0.3) is 0 Å². The fraction of sp³-hybridized carbons (Fsp3) is 0.364. The minimum absolute atomic E-state index is 0.0122. The number of thioether (sulfide) groups is 1. The van der Waals surface area contributed by atoms with Crippen molar-refractivity contribution >= 4 is 23.4 Å². The van der Waals surface area contributed by atoms with Gasteiger partial charge in [0.15, 0.2) is 0 Å². The second-order valence-corrected chi connectivity index (χ2v) is 4.28. The van der Waals surface area contributed by atoms with E-state index in [1.807, 2.05) is 13.2 Å². The molecule has 0 radical (unpaired) electrons. The maximum atomic E-state index is 11.4. The molecule has 0 atom stereocenters. The molecule has 0 unspecified atom stereocenters. The topological polar surface area (TPSA) is 49.3 Å². The number of amides is 1. The van der Waals surface area contributed by atoms with Gasteiger partial charge in [0.05, 0.1) is 0 Å². The largest absolute Gasteiger partial charge is 0.508 e. The normalized spacial score (nSPS) is 10.0. The SMILES string of the molecule is CSCCC(=O)Nc1ccc(O)cc1C. The number of carbonyl (C=O) groups is 1. The van der Waals surface area contributed by atoms with E-state index < -0.39 is 0 Å². The summed E-state index contributed by atoms with van der Waals surface area (Å²) in [7, 11) is 0. The van der Waals surface area contributed by atoms with E-state index in [9.17, 15) is 9.90 Å². The Bertz CT molecular complexity index is 352. The Balaban J connectivity index is 2.60. The molecule has 0 aromatic heterocycles. The average molecular weight is 225 g/mol. The highest BCUT2D eigenvalue weighted by molar-refractivity contribution is 7.98. The van der Waals surface area contributed by atoms with Crippen LogP contribution in [0.1, 0.15) is 12.0 Å². The van der Waals surface area contributed by atoms with Crippen molar-refractivity contribution in [3.8, 4) is 5.75 Å². The molecule has 0 saturated heterocycles. The highest BCUT2D eigenvalue weighted by atomic mass is 32.2. The van der Waals surface area contributed by atoms with Crippen LogP contribution < -0.4 is 5.32 Å². The van der Waals surface area contributed by atoms with Crippen LogP contribution in [0.3, 0.4) is 0 Å². The molecule has 15 heavy (non-hydrogen) atoms. The predicted octanol–water partition coefficient (Wildman–Crippen LogP) is 2.39. The van der Waals surface area contributed by atoms with E-state index in [2.05, 4.69) is 5.32 Å². The molecular formula is C11H15NO2S. The molecule has 0 heterocycles.